The van der Waals surface area contributed by atoms with Crippen LogP contribution in [0.4, 0.5) is 0 Å². The van der Waals surface area contributed by atoms with E-state index in [0.717, 1.165) is 85.4 Å². The van der Waals surface area contributed by atoms with Crippen molar-refractivity contribution in [2.45, 2.75) is 77.0 Å². The molecule has 0 unspecified atom stereocenters. The van der Waals surface area contributed by atoms with Crippen molar-refractivity contribution in [1.29, 1.82) is 0 Å². The molecule has 0 heterocycles. The molecule has 180 valence electrons. The van der Waals surface area contributed by atoms with Gasteiger partial charge in [-0.25, -0.2) is 0 Å². The van der Waals surface area contributed by atoms with Gasteiger partial charge in [0.15, 0.2) is 0 Å². The van der Waals surface area contributed by atoms with Crippen molar-refractivity contribution in [2.24, 2.45) is 46.3 Å². The Kier molecular flexibility index (Phi) is 4.80. The summed E-state index contributed by atoms with van der Waals surface area (Å²) in [5.41, 5.74) is 1.10. The van der Waals surface area contributed by atoms with Crippen molar-refractivity contribution in [2.75, 3.05) is 0 Å². The molecule has 9 aliphatic rings. The molecule has 9 rings (SSSR count). The van der Waals surface area contributed by atoms with Crippen molar-refractivity contribution >= 4 is 11.8 Å². The molecular formula is C30H38N2O2. The molecule has 0 spiro atoms. The van der Waals surface area contributed by atoms with Gasteiger partial charge in [0.1, 0.15) is 0 Å². The van der Waals surface area contributed by atoms with Gasteiger partial charge in [0.25, 0.3) is 0 Å². The van der Waals surface area contributed by atoms with Crippen LogP contribution < -0.4 is 10.6 Å². The molecule has 8 bridgehead atoms. The van der Waals surface area contributed by atoms with Gasteiger partial charge in [-0.1, -0.05) is 24.3 Å². The second-order valence-corrected chi connectivity index (χ2v) is 13.2. The molecule has 0 aliphatic heterocycles. The fourth-order valence-electron chi connectivity index (χ4n) is 10.1. The lowest BCUT2D eigenvalue weighted by molar-refractivity contribution is -0.146. The fourth-order valence-corrected chi connectivity index (χ4v) is 10.1. The van der Waals surface area contributed by atoms with E-state index in [9.17, 15) is 9.59 Å². The van der Waals surface area contributed by atoms with Crippen LogP contribution in [0.15, 0.2) is 47.9 Å². The predicted octanol–water partition coefficient (Wildman–Crippen LogP) is 5.55. The molecule has 34 heavy (non-hydrogen) atoms. The van der Waals surface area contributed by atoms with Crippen molar-refractivity contribution in [3.63, 3.8) is 0 Å². The highest BCUT2D eigenvalue weighted by molar-refractivity contribution is 5.87. The average Bonchev–Trinajstić information content (AvgIpc) is 2.76. The Balaban J connectivity index is 1.15. The summed E-state index contributed by atoms with van der Waals surface area (Å²) in [6.07, 6.45) is 26.1. The second-order valence-electron chi connectivity index (χ2n) is 13.2. The summed E-state index contributed by atoms with van der Waals surface area (Å²) >= 11 is 0. The quantitative estimate of drug-likeness (QED) is 0.581. The van der Waals surface area contributed by atoms with Gasteiger partial charge >= 0.3 is 0 Å². The molecule has 9 aliphatic carbocycles. The van der Waals surface area contributed by atoms with E-state index < -0.39 is 0 Å². The largest absolute Gasteiger partial charge is 0.324 e. The van der Waals surface area contributed by atoms with Crippen LogP contribution in [0.3, 0.4) is 0 Å². The van der Waals surface area contributed by atoms with Crippen LogP contribution in [-0.2, 0) is 9.59 Å². The summed E-state index contributed by atoms with van der Waals surface area (Å²) in [5, 5.41) is 6.65. The van der Waals surface area contributed by atoms with Gasteiger partial charge in [-0.3, -0.25) is 9.59 Å². The van der Waals surface area contributed by atoms with Crippen molar-refractivity contribution in [3.8, 4) is 0 Å². The van der Waals surface area contributed by atoms with Crippen LogP contribution in [0.25, 0.3) is 0 Å². The van der Waals surface area contributed by atoms with E-state index in [-0.39, 0.29) is 22.6 Å². The molecule has 0 aromatic rings. The first-order valence-corrected chi connectivity index (χ1v) is 13.9. The van der Waals surface area contributed by atoms with E-state index >= 15 is 0 Å². The Bertz CT molecular complexity index is 878. The first kappa shape index (κ1) is 21.2. The van der Waals surface area contributed by atoms with Gasteiger partial charge in [0.2, 0.25) is 11.8 Å². The molecule has 4 nitrogen and oxygen atoms in total. The Hall–Kier alpha value is -2.10. The third kappa shape index (κ3) is 3.46. The van der Waals surface area contributed by atoms with Crippen LogP contribution in [-0.4, -0.2) is 11.8 Å². The number of hydrogen-bond donors (Lipinski definition) is 2. The number of carbonyl (C=O) groups is 2. The van der Waals surface area contributed by atoms with Crippen molar-refractivity contribution < 1.29 is 9.59 Å². The van der Waals surface area contributed by atoms with Crippen LogP contribution >= 0.6 is 0 Å². The summed E-state index contributed by atoms with van der Waals surface area (Å²) in [4.78, 5) is 27.6. The molecule has 0 aromatic carbocycles. The molecule has 2 N–H and O–H groups in total. The highest BCUT2D eigenvalue weighted by Gasteiger charge is 2.56. The molecule has 8 fully saturated rings. The molecule has 8 saturated carbocycles. The highest BCUT2D eigenvalue weighted by Crippen LogP contribution is 2.61. The number of allylic oxidation sites excluding steroid dienone is 6. The van der Waals surface area contributed by atoms with Crippen molar-refractivity contribution in [1.82, 2.24) is 10.6 Å². The Morgan fingerprint density at radius 1 is 0.529 bits per heavy atom. The molecular weight excluding hydrogens is 420 g/mol. The van der Waals surface area contributed by atoms with E-state index in [4.69, 9.17) is 0 Å². The zero-order valence-electron chi connectivity index (χ0n) is 20.2. The predicted molar refractivity (Wildman–Crippen MR) is 132 cm³/mol. The molecule has 0 radical (unpaired) electrons. The summed E-state index contributed by atoms with van der Waals surface area (Å²) in [6, 6.07) is 0. The maximum atomic E-state index is 13.8. The lowest BCUT2D eigenvalue weighted by Gasteiger charge is -2.56. The van der Waals surface area contributed by atoms with Gasteiger partial charge in [-0.05, 0) is 125 Å². The maximum Gasteiger partial charge on any atom is 0.230 e. The SMILES string of the molecule is O=C(NC1=C(NC(=O)C23CC4CC(CC(C4)C2)C3)/C=C\C=C/C=C\1)C12CC3CC(CC(C3)C1)C2. The van der Waals surface area contributed by atoms with E-state index in [1.165, 1.54) is 38.5 Å². The minimum atomic E-state index is -0.202. The lowest BCUT2D eigenvalue weighted by atomic mass is 9.49. The third-order valence-electron chi connectivity index (χ3n) is 10.7. The normalized spacial score (nSPS) is 50.4. The zero-order chi connectivity index (χ0) is 22.9. The Morgan fingerprint density at radius 3 is 1.12 bits per heavy atom. The molecule has 0 saturated heterocycles. The van der Waals surface area contributed by atoms with Gasteiger partial charge < -0.3 is 10.6 Å². The number of rotatable bonds is 4. The maximum absolute atomic E-state index is 13.8. The van der Waals surface area contributed by atoms with E-state index in [1.807, 2.05) is 36.5 Å². The van der Waals surface area contributed by atoms with Gasteiger partial charge in [-0.2, -0.15) is 0 Å². The first-order valence-electron chi connectivity index (χ1n) is 13.9. The summed E-state index contributed by atoms with van der Waals surface area (Å²) in [5.74, 6) is 4.77. The smallest absolute Gasteiger partial charge is 0.230 e. The monoisotopic (exact) mass is 458 g/mol. The standard InChI is InChI=1S/C30H38N2O2/c33-27(29-13-19-7-20(14-29)9-21(8-19)15-29)31-25-5-3-1-2-4-6-26(25)32-28(34)30-16-22-10-23(17-30)12-24(11-22)18-30/h1-6,19-24H,7-18H2,(H,31,33)(H,32,34)/b2-1-,3-1?,4-2?,5-3-,6-4-,25-5?,26-6?,26-25-. The molecule has 0 atom stereocenters. The molecule has 4 heteroatoms. The minimum Gasteiger partial charge on any atom is -0.324 e. The molecule has 2 amide bonds. The van der Waals surface area contributed by atoms with Crippen LogP contribution in [0.5, 0.6) is 0 Å². The number of carbonyl (C=O) groups excluding carboxylic acids is 2. The Morgan fingerprint density at radius 2 is 0.824 bits per heavy atom. The fraction of sp³-hybridized carbons (Fsp3) is 0.667. The summed E-state index contributed by atoms with van der Waals surface area (Å²) in [6.45, 7) is 0. The number of amides is 2. The highest BCUT2D eigenvalue weighted by atomic mass is 16.2. The van der Waals surface area contributed by atoms with E-state index in [2.05, 4.69) is 10.6 Å². The van der Waals surface area contributed by atoms with E-state index in [1.54, 1.807) is 0 Å². The van der Waals surface area contributed by atoms with Crippen molar-refractivity contribution in [3.05, 3.63) is 47.9 Å². The minimum absolute atomic E-state index is 0.186. The third-order valence-corrected chi connectivity index (χ3v) is 10.7. The van der Waals surface area contributed by atoms with Gasteiger partial charge in [-0.15, -0.1) is 0 Å². The van der Waals surface area contributed by atoms with Gasteiger partial charge in [0.05, 0.1) is 22.2 Å². The van der Waals surface area contributed by atoms with Crippen LogP contribution in [0.1, 0.15) is 77.0 Å². The Labute approximate surface area is 203 Å². The molecule has 0 aromatic heterocycles. The summed E-state index contributed by atoms with van der Waals surface area (Å²) < 4.78 is 0. The topological polar surface area (TPSA) is 58.2 Å². The van der Waals surface area contributed by atoms with Crippen LogP contribution in [0, 0.1) is 46.3 Å². The summed E-state index contributed by atoms with van der Waals surface area (Å²) in [7, 11) is 0. The van der Waals surface area contributed by atoms with E-state index in [0.29, 0.717) is 0 Å². The lowest BCUT2D eigenvalue weighted by Crippen LogP contribution is -2.54. The van der Waals surface area contributed by atoms with Crippen LogP contribution in [0.2, 0.25) is 0 Å². The van der Waals surface area contributed by atoms with Gasteiger partial charge in [0, 0.05) is 0 Å². The zero-order valence-corrected chi connectivity index (χ0v) is 20.2. The number of hydrogen-bond acceptors (Lipinski definition) is 2. The second kappa shape index (κ2) is 7.70. The number of nitrogens with one attached hydrogen (secondary N) is 2. The average molecular weight is 459 g/mol. The first-order chi connectivity index (χ1) is 16.5.